The highest BCUT2D eigenvalue weighted by molar-refractivity contribution is 6.71. The molecule has 286 valence electrons. The molecule has 0 bridgehead atoms. The van der Waals surface area contributed by atoms with Gasteiger partial charge in [-0.3, -0.25) is 0 Å². The molecule has 3 fully saturated rings. The molecule has 3 aliphatic rings. The summed E-state index contributed by atoms with van der Waals surface area (Å²) in [5.41, 5.74) is 4.88. The van der Waals surface area contributed by atoms with Gasteiger partial charge in [-0.1, -0.05) is 48.4 Å². The fourth-order valence-electron chi connectivity index (χ4n) is 8.08. The number of benzene rings is 2. The van der Waals surface area contributed by atoms with E-state index >= 15 is 0 Å². The summed E-state index contributed by atoms with van der Waals surface area (Å²) in [7, 11) is -8.47. The highest BCUT2D eigenvalue weighted by atomic mass is 35.5. The van der Waals surface area contributed by atoms with Crippen LogP contribution in [0.4, 0.5) is 0 Å². The van der Waals surface area contributed by atoms with Crippen molar-refractivity contribution in [2.45, 2.75) is 166 Å². The van der Waals surface area contributed by atoms with Crippen molar-refractivity contribution in [2.24, 2.45) is 5.41 Å². The first-order valence-electron chi connectivity index (χ1n) is 19.4. The van der Waals surface area contributed by atoms with Crippen LogP contribution in [-0.4, -0.2) is 69.4 Å². The quantitative estimate of drug-likeness (QED) is 0.204. The van der Waals surface area contributed by atoms with Crippen LogP contribution in [0.15, 0.2) is 42.5 Å². The smallest absolute Gasteiger partial charge is 0.221 e. The summed E-state index contributed by atoms with van der Waals surface area (Å²) >= 11 is 6.92. The second-order valence-electron chi connectivity index (χ2n) is 19.7. The minimum atomic E-state index is -2.25. The van der Waals surface area contributed by atoms with E-state index in [-0.39, 0.29) is 0 Å². The Balaban J connectivity index is 1.49. The van der Waals surface area contributed by atoms with E-state index in [1.807, 2.05) is 18.2 Å². The molecule has 1 spiro atoms. The van der Waals surface area contributed by atoms with Crippen LogP contribution >= 0.6 is 11.6 Å². The maximum atomic E-state index is 13.0. The number of rotatable bonds is 13. The molecule has 2 aromatic rings. The second kappa shape index (κ2) is 15.5. The predicted octanol–water partition coefficient (Wildman–Crippen LogP) is 10.8. The van der Waals surface area contributed by atoms with Gasteiger partial charge in [-0.25, -0.2) is 0 Å². The largest absolute Gasteiger partial charge is 0.415 e. The number of aliphatic hydroxyl groups is 1. The third-order valence-electron chi connectivity index (χ3n) is 10.6. The molecule has 1 heterocycles. The van der Waals surface area contributed by atoms with Crippen molar-refractivity contribution in [3.05, 3.63) is 69.7 Å². The van der Waals surface area contributed by atoms with Crippen LogP contribution in [0.1, 0.15) is 73.1 Å². The molecule has 0 radical (unpaired) electrons. The lowest BCUT2D eigenvalue weighted by Gasteiger charge is -2.54. The van der Waals surface area contributed by atoms with E-state index < -0.39 is 63.5 Å². The Bertz CT molecular complexity index is 1460. The summed E-state index contributed by atoms with van der Waals surface area (Å²) in [5, 5.41) is 13.7. The van der Waals surface area contributed by atoms with Gasteiger partial charge in [0.2, 0.25) is 5.79 Å². The Labute approximate surface area is 318 Å². The van der Waals surface area contributed by atoms with Crippen LogP contribution in [0.3, 0.4) is 0 Å². The van der Waals surface area contributed by atoms with Crippen LogP contribution in [0.25, 0.3) is 0 Å². The average molecular weight is 792 g/mol. The maximum Gasteiger partial charge on any atom is 0.221 e. The lowest BCUT2D eigenvalue weighted by atomic mass is 9.58. The normalized spacial score (nSPS) is 27.8. The fraction of sp³-hybridized carbons (Fsp3) is 0.700. The zero-order valence-corrected chi connectivity index (χ0v) is 38.4. The Morgan fingerprint density at radius 1 is 0.725 bits per heavy atom. The molecule has 1 unspecified atom stereocenters. The van der Waals surface area contributed by atoms with Crippen molar-refractivity contribution in [3.8, 4) is 0 Å². The van der Waals surface area contributed by atoms with E-state index in [9.17, 15) is 5.11 Å². The van der Waals surface area contributed by atoms with Crippen molar-refractivity contribution < 1.29 is 27.5 Å². The van der Waals surface area contributed by atoms with E-state index in [1.165, 1.54) is 56.1 Å². The Morgan fingerprint density at radius 2 is 1.29 bits per heavy atom. The Kier molecular flexibility index (Phi) is 12.6. The third-order valence-corrected chi connectivity index (χ3v) is 14.9. The summed E-state index contributed by atoms with van der Waals surface area (Å²) in [6, 6.07) is 15.0. The van der Waals surface area contributed by atoms with E-state index in [4.69, 9.17) is 34.0 Å². The van der Waals surface area contributed by atoms with Gasteiger partial charge in [-0.2, -0.15) is 0 Å². The molecule has 2 aromatic carbocycles. The number of halogens is 1. The summed E-state index contributed by atoms with van der Waals surface area (Å²) < 4.78 is 34.3. The van der Waals surface area contributed by atoms with Crippen molar-refractivity contribution in [2.75, 3.05) is 6.61 Å². The van der Waals surface area contributed by atoms with Gasteiger partial charge in [-0.15, -0.1) is 0 Å². The SMILES string of the molecule is C[Si](C)(C)OC[C@H]1OC(O)(c2ccc(Cl)c(Cc3ccc(C4CCC5(CCC5)CC4)cc3)c2)[C@H](O[Si](C)(C)C)[C@@H](O[Si](C)(C)C)[C@@H]1O[Si](C)(C)C. The lowest BCUT2D eigenvalue weighted by molar-refractivity contribution is -0.348. The van der Waals surface area contributed by atoms with E-state index in [2.05, 4.69) is 103 Å². The molecule has 6 nitrogen and oxygen atoms in total. The predicted molar refractivity (Wildman–Crippen MR) is 221 cm³/mol. The van der Waals surface area contributed by atoms with Crippen LogP contribution in [0.5, 0.6) is 0 Å². The standard InChI is InChI=1S/C40H67ClO6Si4/c1-48(2,3)43-28-35-36(45-49(4,5)6)37(46-50(7,8)9)38(47-51(10,11)12)40(42,44-35)33-18-19-34(41)32(27-33)26-29-14-16-30(17-15-29)31-20-24-39(25-21-31)22-13-23-39/h14-19,27,31,35-38,42H,13,20-26,28H2,1-12H3/t35-,36-,37+,38-,40?/m1/s1. The first kappa shape index (κ1) is 41.5. The Hall–Kier alpha value is -0.642. The molecule has 51 heavy (non-hydrogen) atoms. The third kappa shape index (κ3) is 11.0. The second-order valence-corrected chi connectivity index (χ2v) is 38.0. The molecule has 1 saturated heterocycles. The zero-order valence-electron chi connectivity index (χ0n) is 33.7. The molecule has 1 aliphatic heterocycles. The Morgan fingerprint density at radius 3 is 1.80 bits per heavy atom. The average Bonchev–Trinajstić information content (AvgIpc) is 2.98. The molecule has 0 aromatic heterocycles. The molecule has 11 heteroatoms. The van der Waals surface area contributed by atoms with Crippen molar-refractivity contribution in [1.29, 1.82) is 0 Å². The molecular weight excluding hydrogens is 724 g/mol. The minimum Gasteiger partial charge on any atom is -0.415 e. The van der Waals surface area contributed by atoms with Crippen LogP contribution < -0.4 is 0 Å². The summed E-state index contributed by atoms with van der Waals surface area (Å²) in [6.45, 7) is 26.3. The topological polar surface area (TPSA) is 66.4 Å². The van der Waals surface area contributed by atoms with Crippen molar-refractivity contribution in [1.82, 2.24) is 0 Å². The van der Waals surface area contributed by atoms with Gasteiger partial charge >= 0.3 is 0 Å². The summed E-state index contributed by atoms with van der Waals surface area (Å²) in [6.07, 6.45) is 7.93. The number of hydrogen-bond acceptors (Lipinski definition) is 6. The van der Waals surface area contributed by atoms with Gasteiger partial charge < -0.3 is 27.5 Å². The first-order chi connectivity index (χ1) is 23.4. The molecule has 2 saturated carbocycles. The molecule has 5 rings (SSSR count). The monoisotopic (exact) mass is 790 g/mol. The van der Waals surface area contributed by atoms with Crippen molar-refractivity contribution >= 4 is 44.9 Å². The highest BCUT2D eigenvalue weighted by Crippen LogP contribution is 2.54. The van der Waals surface area contributed by atoms with Gasteiger partial charge in [0.15, 0.2) is 33.3 Å². The molecule has 0 amide bonds. The van der Waals surface area contributed by atoms with Gasteiger partial charge in [0.1, 0.15) is 24.4 Å². The molecule has 2 aliphatic carbocycles. The van der Waals surface area contributed by atoms with Gasteiger partial charge in [0, 0.05) is 10.6 Å². The lowest BCUT2D eigenvalue weighted by Crippen LogP contribution is -2.69. The number of hydrogen-bond donors (Lipinski definition) is 1. The number of ether oxygens (including phenoxy) is 1. The van der Waals surface area contributed by atoms with Gasteiger partial charge in [0.25, 0.3) is 0 Å². The van der Waals surface area contributed by atoms with Crippen LogP contribution in [0, 0.1) is 5.41 Å². The molecule has 1 N–H and O–H groups in total. The van der Waals surface area contributed by atoms with Gasteiger partial charge in [-0.05, 0) is 164 Å². The van der Waals surface area contributed by atoms with E-state index in [1.54, 1.807) is 0 Å². The van der Waals surface area contributed by atoms with Crippen LogP contribution in [-0.2, 0) is 34.6 Å². The van der Waals surface area contributed by atoms with E-state index in [0.29, 0.717) is 34.9 Å². The molecule has 5 atom stereocenters. The molecular formula is C40H67ClO6Si4. The fourth-order valence-corrected chi connectivity index (χ4v) is 12.2. The van der Waals surface area contributed by atoms with Crippen molar-refractivity contribution in [3.63, 3.8) is 0 Å². The van der Waals surface area contributed by atoms with Gasteiger partial charge in [0.05, 0.1) is 6.61 Å². The summed E-state index contributed by atoms with van der Waals surface area (Å²) in [4.78, 5) is 0. The van der Waals surface area contributed by atoms with Crippen LogP contribution in [0.2, 0.25) is 83.6 Å². The summed E-state index contributed by atoms with van der Waals surface area (Å²) in [5.74, 6) is -1.16. The zero-order chi connectivity index (χ0) is 37.6. The highest BCUT2D eigenvalue weighted by Gasteiger charge is 2.59. The minimum absolute atomic E-state index is 0.299. The first-order valence-corrected chi connectivity index (χ1v) is 33.4. The van der Waals surface area contributed by atoms with E-state index in [0.717, 1.165) is 5.56 Å². The maximum absolute atomic E-state index is 13.0.